The maximum absolute atomic E-state index is 9.76. The second-order valence-electron chi connectivity index (χ2n) is 14.8. The number of hydrogen-bond acceptors (Lipinski definition) is 1. The van der Waals surface area contributed by atoms with E-state index in [1.807, 2.05) is 0 Å². The highest BCUT2D eigenvalue weighted by Crippen LogP contribution is 2.72. The molecule has 0 bridgehead atoms. The highest BCUT2D eigenvalue weighted by molar-refractivity contribution is 5.13. The van der Waals surface area contributed by atoms with E-state index < -0.39 is 0 Å². The number of aliphatic hydroxyl groups excluding tert-OH is 1. The molecule has 3 unspecified atom stereocenters. The van der Waals surface area contributed by atoms with E-state index in [0.717, 1.165) is 47.3 Å². The van der Waals surface area contributed by atoms with Crippen LogP contribution < -0.4 is 0 Å². The summed E-state index contributed by atoms with van der Waals surface area (Å²) in [5, 5.41) is 9.76. The molecule has 32 heavy (non-hydrogen) atoms. The van der Waals surface area contributed by atoms with E-state index in [1.54, 1.807) is 6.42 Å². The second-order valence-corrected chi connectivity index (χ2v) is 14.8. The van der Waals surface area contributed by atoms with Crippen molar-refractivity contribution in [1.82, 2.24) is 0 Å². The molecule has 0 radical (unpaired) electrons. The Bertz CT molecular complexity index is 701. The topological polar surface area (TPSA) is 20.2 Å². The summed E-state index contributed by atoms with van der Waals surface area (Å²) in [6.07, 6.45) is 15.0. The van der Waals surface area contributed by atoms with Gasteiger partial charge in [0.25, 0.3) is 0 Å². The van der Waals surface area contributed by atoms with Gasteiger partial charge in [-0.1, -0.05) is 61.3 Å². The van der Waals surface area contributed by atoms with E-state index in [-0.39, 0.29) is 0 Å². The average molecular weight is 443 g/mol. The van der Waals surface area contributed by atoms with Crippen molar-refractivity contribution in [3.63, 3.8) is 0 Å². The molecule has 0 spiro atoms. The van der Waals surface area contributed by atoms with Crippen LogP contribution in [-0.4, -0.2) is 11.7 Å². The highest BCUT2D eigenvalue weighted by atomic mass is 16.3. The second kappa shape index (κ2) is 7.99. The van der Waals surface area contributed by atoms with Crippen LogP contribution in [0.4, 0.5) is 0 Å². The average Bonchev–Trinajstić information content (AvgIpc) is 3.33. The Morgan fingerprint density at radius 2 is 1.47 bits per heavy atom. The number of fused-ring (bicyclic) bond motifs is 5. The number of aliphatic hydroxyl groups is 1. The van der Waals surface area contributed by atoms with Crippen molar-refractivity contribution < 1.29 is 5.11 Å². The molecule has 0 saturated heterocycles. The largest absolute Gasteiger partial charge is 0.396 e. The van der Waals surface area contributed by atoms with Crippen LogP contribution in [0.25, 0.3) is 0 Å². The van der Waals surface area contributed by atoms with Gasteiger partial charge < -0.3 is 5.11 Å². The van der Waals surface area contributed by atoms with Crippen LogP contribution in [-0.2, 0) is 0 Å². The van der Waals surface area contributed by atoms with Gasteiger partial charge in [-0.3, -0.25) is 0 Å². The Balaban J connectivity index is 1.33. The summed E-state index contributed by atoms with van der Waals surface area (Å²) in [5.74, 6) is 8.80. The van der Waals surface area contributed by atoms with Gasteiger partial charge in [-0.05, 0) is 127 Å². The van der Waals surface area contributed by atoms with Crippen molar-refractivity contribution in [3.05, 3.63) is 0 Å². The lowest BCUT2D eigenvalue weighted by Crippen LogP contribution is -2.54. The summed E-state index contributed by atoms with van der Waals surface area (Å²) >= 11 is 0. The normalized spacial score (nSPS) is 55.3. The number of rotatable bonds is 5. The Morgan fingerprint density at radius 1 is 0.781 bits per heavy atom. The Labute approximate surface area is 199 Å². The van der Waals surface area contributed by atoms with Crippen LogP contribution in [0.15, 0.2) is 0 Å². The fourth-order valence-corrected chi connectivity index (χ4v) is 11.5. The standard InChI is InChI=1S/C31H54O/c1-19-9-8-15-29(5)24(19)11-10-23-26-13-12-25(30(26,6)16-14-27(23)29)21(3)28-17-31(28,7)22(4)20(2)18-32/h19-28,32H,8-18H2,1-7H3/t19?,20?,21-,22+,23-,24?,25+,26-,27-,28+,29-,30+,31+/m0/s1. The molecule has 0 aromatic carbocycles. The molecule has 5 aliphatic carbocycles. The summed E-state index contributed by atoms with van der Waals surface area (Å²) in [7, 11) is 0. The predicted molar refractivity (Wildman–Crippen MR) is 135 cm³/mol. The van der Waals surface area contributed by atoms with Crippen molar-refractivity contribution in [2.75, 3.05) is 6.61 Å². The lowest BCUT2D eigenvalue weighted by Gasteiger charge is -2.62. The molecule has 5 aliphatic rings. The molecular formula is C31H54O. The Hall–Kier alpha value is -0.0400. The summed E-state index contributed by atoms with van der Waals surface area (Å²) in [6, 6.07) is 0. The van der Waals surface area contributed by atoms with Crippen LogP contribution >= 0.6 is 0 Å². The van der Waals surface area contributed by atoms with Gasteiger partial charge in [-0.15, -0.1) is 0 Å². The maximum Gasteiger partial charge on any atom is 0.0459 e. The summed E-state index contributed by atoms with van der Waals surface area (Å²) in [5.41, 5.74) is 1.72. The molecule has 13 atom stereocenters. The van der Waals surface area contributed by atoms with Gasteiger partial charge in [0.15, 0.2) is 0 Å². The molecule has 1 N–H and O–H groups in total. The molecule has 0 aromatic rings. The fourth-order valence-electron chi connectivity index (χ4n) is 11.5. The molecular weight excluding hydrogens is 388 g/mol. The van der Waals surface area contributed by atoms with Gasteiger partial charge >= 0.3 is 0 Å². The van der Waals surface area contributed by atoms with Crippen molar-refractivity contribution >= 4 is 0 Å². The minimum atomic E-state index is 0.350. The van der Waals surface area contributed by atoms with Crippen LogP contribution in [0.2, 0.25) is 0 Å². The predicted octanol–water partition coefficient (Wildman–Crippen LogP) is 8.21. The van der Waals surface area contributed by atoms with Gasteiger partial charge in [0.2, 0.25) is 0 Å². The van der Waals surface area contributed by atoms with Gasteiger partial charge in [-0.25, -0.2) is 0 Å². The molecule has 5 saturated carbocycles. The smallest absolute Gasteiger partial charge is 0.0459 e. The number of hydrogen-bond donors (Lipinski definition) is 1. The SMILES string of the molecule is CC1CCC[C@@]2(C)C1CC[C@H]1[C@@H]3CC[C@H]([C@H](C)[C@H]4C[C@]4(C)[C@H](C)C(C)CO)[C@@]3(C)CC[C@@H]12. The third kappa shape index (κ3) is 3.25. The molecule has 5 fully saturated rings. The lowest BCUT2D eigenvalue weighted by molar-refractivity contribution is -0.128. The highest BCUT2D eigenvalue weighted by Gasteiger charge is 2.64. The first kappa shape index (κ1) is 23.7. The van der Waals surface area contributed by atoms with Crippen molar-refractivity contribution in [2.45, 2.75) is 113 Å². The monoisotopic (exact) mass is 442 g/mol. The quantitative estimate of drug-likeness (QED) is 0.455. The first-order chi connectivity index (χ1) is 15.1. The van der Waals surface area contributed by atoms with Gasteiger partial charge in [-0.2, -0.15) is 0 Å². The van der Waals surface area contributed by atoms with Gasteiger partial charge in [0.1, 0.15) is 0 Å². The first-order valence-electron chi connectivity index (χ1n) is 14.7. The zero-order valence-electron chi connectivity index (χ0n) is 22.5. The van der Waals surface area contributed by atoms with Crippen LogP contribution in [0.3, 0.4) is 0 Å². The first-order valence-corrected chi connectivity index (χ1v) is 14.7. The Kier molecular flexibility index (Phi) is 5.92. The van der Waals surface area contributed by atoms with E-state index in [2.05, 4.69) is 48.5 Å². The van der Waals surface area contributed by atoms with E-state index in [9.17, 15) is 5.11 Å². The van der Waals surface area contributed by atoms with E-state index in [4.69, 9.17) is 0 Å². The third-order valence-electron chi connectivity index (χ3n) is 13.9. The molecule has 1 nitrogen and oxygen atoms in total. The van der Waals surface area contributed by atoms with Crippen LogP contribution in [0.5, 0.6) is 0 Å². The molecule has 0 amide bonds. The van der Waals surface area contributed by atoms with Crippen molar-refractivity contribution in [2.24, 2.45) is 75.4 Å². The zero-order chi connectivity index (χ0) is 23.1. The van der Waals surface area contributed by atoms with Gasteiger partial charge in [0.05, 0.1) is 0 Å². The lowest BCUT2D eigenvalue weighted by atomic mass is 9.43. The van der Waals surface area contributed by atoms with Crippen LogP contribution in [0, 0.1) is 75.4 Å². The van der Waals surface area contributed by atoms with E-state index in [1.165, 1.54) is 57.8 Å². The molecule has 0 aliphatic heterocycles. The van der Waals surface area contributed by atoms with Crippen LogP contribution in [0.1, 0.15) is 113 Å². The minimum absolute atomic E-state index is 0.350. The molecule has 184 valence electrons. The summed E-state index contributed by atoms with van der Waals surface area (Å²) < 4.78 is 0. The molecule has 1 heteroatoms. The van der Waals surface area contributed by atoms with Crippen molar-refractivity contribution in [1.29, 1.82) is 0 Å². The van der Waals surface area contributed by atoms with Gasteiger partial charge in [0, 0.05) is 6.61 Å². The summed E-state index contributed by atoms with van der Waals surface area (Å²) in [6.45, 7) is 18.3. The Morgan fingerprint density at radius 3 is 2.19 bits per heavy atom. The van der Waals surface area contributed by atoms with E-state index >= 15 is 0 Å². The fraction of sp³-hybridized carbons (Fsp3) is 1.00. The molecule has 5 rings (SSSR count). The van der Waals surface area contributed by atoms with E-state index in [0.29, 0.717) is 34.7 Å². The zero-order valence-corrected chi connectivity index (χ0v) is 22.5. The third-order valence-corrected chi connectivity index (χ3v) is 13.9. The summed E-state index contributed by atoms with van der Waals surface area (Å²) in [4.78, 5) is 0. The minimum Gasteiger partial charge on any atom is -0.396 e. The van der Waals surface area contributed by atoms with Crippen molar-refractivity contribution in [3.8, 4) is 0 Å². The molecule has 0 heterocycles. The maximum atomic E-state index is 9.76. The molecule has 0 aromatic heterocycles.